The molecule has 0 saturated carbocycles. The third-order valence-corrected chi connectivity index (χ3v) is 3.18. The maximum atomic E-state index is 12.2. The first-order chi connectivity index (χ1) is 10.0. The quantitative estimate of drug-likeness (QED) is 0.853. The first kappa shape index (κ1) is 14.7. The number of methoxy groups -OCH3 is 1. The average molecular weight is 302 g/mol. The largest absolute Gasteiger partial charge is 0.497 e. The van der Waals surface area contributed by atoms with Gasteiger partial charge >= 0.3 is 0 Å². The summed E-state index contributed by atoms with van der Waals surface area (Å²) in [6.07, 6.45) is 0. The lowest BCUT2D eigenvalue weighted by atomic mass is 10.1. The number of rotatable bonds is 3. The number of ether oxygens (including phenoxy) is 1. The van der Waals surface area contributed by atoms with Gasteiger partial charge in [-0.2, -0.15) is 5.26 Å². The fraction of sp³-hybridized carbons (Fsp3) is 0.0667. The van der Waals surface area contributed by atoms with Gasteiger partial charge in [0, 0.05) is 11.4 Å². The molecule has 0 heterocycles. The highest BCUT2D eigenvalue weighted by Gasteiger charge is 2.12. The summed E-state index contributed by atoms with van der Waals surface area (Å²) < 4.78 is 5.07. The van der Waals surface area contributed by atoms with Crippen LogP contribution in [0.4, 0.5) is 11.4 Å². The van der Waals surface area contributed by atoms with Crippen LogP contribution < -0.4 is 15.8 Å². The number of nitriles is 1. The lowest BCUT2D eigenvalue weighted by Crippen LogP contribution is -2.14. The first-order valence-corrected chi connectivity index (χ1v) is 6.37. The van der Waals surface area contributed by atoms with E-state index in [0.29, 0.717) is 27.7 Å². The highest BCUT2D eigenvalue weighted by molar-refractivity contribution is 6.31. The Bertz CT molecular complexity index is 738. The summed E-state index contributed by atoms with van der Waals surface area (Å²) in [6, 6.07) is 11.4. The second kappa shape index (κ2) is 6.16. The molecule has 0 bridgehead atoms. The molecule has 0 aliphatic carbocycles. The Balaban J connectivity index is 2.28. The summed E-state index contributed by atoms with van der Waals surface area (Å²) in [7, 11) is 1.51. The molecule has 0 aromatic heterocycles. The number of carbonyl (C=O) groups excluding carboxylic acids is 1. The number of hydrogen-bond donors (Lipinski definition) is 2. The topological polar surface area (TPSA) is 88.1 Å². The zero-order chi connectivity index (χ0) is 15.4. The minimum Gasteiger partial charge on any atom is -0.497 e. The van der Waals surface area contributed by atoms with E-state index in [1.807, 2.05) is 6.07 Å². The molecule has 6 heteroatoms. The Labute approximate surface area is 126 Å². The van der Waals surface area contributed by atoms with Gasteiger partial charge in [-0.05, 0) is 36.4 Å². The van der Waals surface area contributed by atoms with Crippen LogP contribution >= 0.6 is 11.6 Å². The Kier molecular flexibility index (Phi) is 4.31. The molecular formula is C15H12ClN3O2. The highest BCUT2D eigenvalue weighted by atomic mass is 35.5. The average Bonchev–Trinajstić information content (AvgIpc) is 2.49. The second-order valence-electron chi connectivity index (χ2n) is 4.21. The SMILES string of the molecule is COc1ccc(N)c(C(=O)Nc2ccc(Cl)c(C#N)c2)c1. The number of nitrogens with one attached hydrogen (secondary N) is 1. The lowest BCUT2D eigenvalue weighted by molar-refractivity contribution is 0.102. The molecule has 2 aromatic carbocycles. The summed E-state index contributed by atoms with van der Waals surface area (Å²) in [6.45, 7) is 0. The number of nitrogen functional groups attached to an aromatic ring is 1. The Hall–Kier alpha value is -2.71. The summed E-state index contributed by atoms with van der Waals surface area (Å²) in [5.41, 5.74) is 7.17. The lowest BCUT2D eigenvalue weighted by Gasteiger charge is -2.09. The molecule has 21 heavy (non-hydrogen) atoms. The van der Waals surface area contributed by atoms with Crippen molar-refractivity contribution in [2.24, 2.45) is 0 Å². The molecule has 0 aliphatic heterocycles. The molecule has 5 nitrogen and oxygen atoms in total. The van der Waals surface area contributed by atoms with E-state index < -0.39 is 5.91 Å². The Morgan fingerprint density at radius 3 is 2.76 bits per heavy atom. The van der Waals surface area contributed by atoms with Gasteiger partial charge in [-0.25, -0.2) is 0 Å². The monoisotopic (exact) mass is 301 g/mol. The fourth-order valence-corrected chi connectivity index (χ4v) is 1.91. The van der Waals surface area contributed by atoms with Gasteiger partial charge < -0.3 is 15.8 Å². The van der Waals surface area contributed by atoms with Crippen LogP contribution in [-0.4, -0.2) is 13.0 Å². The fourth-order valence-electron chi connectivity index (χ4n) is 1.75. The zero-order valence-electron chi connectivity index (χ0n) is 11.2. The van der Waals surface area contributed by atoms with Crippen molar-refractivity contribution in [3.63, 3.8) is 0 Å². The minimum atomic E-state index is -0.391. The predicted octanol–water partition coefficient (Wildman–Crippen LogP) is 3.05. The third kappa shape index (κ3) is 3.25. The molecule has 2 aromatic rings. The zero-order valence-corrected chi connectivity index (χ0v) is 11.9. The molecule has 0 atom stereocenters. The van der Waals surface area contributed by atoms with Crippen LogP contribution in [0.3, 0.4) is 0 Å². The Morgan fingerprint density at radius 2 is 2.10 bits per heavy atom. The van der Waals surface area contributed by atoms with E-state index in [0.717, 1.165) is 0 Å². The maximum absolute atomic E-state index is 12.2. The molecule has 0 spiro atoms. The molecule has 1 amide bonds. The van der Waals surface area contributed by atoms with Gasteiger partial charge in [0.25, 0.3) is 5.91 Å². The van der Waals surface area contributed by atoms with Crippen molar-refractivity contribution in [2.45, 2.75) is 0 Å². The molecule has 3 N–H and O–H groups in total. The van der Waals surface area contributed by atoms with Gasteiger partial charge in [0.2, 0.25) is 0 Å². The van der Waals surface area contributed by atoms with Gasteiger partial charge in [0.15, 0.2) is 0 Å². The van der Waals surface area contributed by atoms with Gasteiger partial charge in [-0.15, -0.1) is 0 Å². The van der Waals surface area contributed by atoms with Crippen molar-refractivity contribution in [3.05, 3.63) is 52.5 Å². The van der Waals surface area contributed by atoms with Crippen molar-refractivity contribution < 1.29 is 9.53 Å². The van der Waals surface area contributed by atoms with E-state index in [2.05, 4.69) is 5.32 Å². The molecule has 0 aliphatic rings. The Morgan fingerprint density at radius 1 is 1.33 bits per heavy atom. The van der Waals surface area contributed by atoms with Gasteiger partial charge in [-0.3, -0.25) is 4.79 Å². The number of anilines is 2. The highest BCUT2D eigenvalue weighted by Crippen LogP contribution is 2.23. The number of benzene rings is 2. The van der Waals surface area contributed by atoms with Gasteiger partial charge in [0.1, 0.15) is 11.8 Å². The molecule has 2 rings (SSSR count). The number of halogens is 1. The van der Waals surface area contributed by atoms with Crippen molar-refractivity contribution in [1.29, 1.82) is 5.26 Å². The van der Waals surface area contributed by atoms with Crippen molar-refractivity contribution in [2.75, 3.05) is 18.2 Å². The van der Waals surface area contributed by atoms with Crippen molar-refractivity contribution in [1.82, 2.24) is 0 Å². The van der Waals surface area contributed by atoms with E-state index in [1.165, 1.54) is 13.2 Å². The summed E-state index contributed by atoms with van der Waals surface area (Å²) in [5, 5.41) is 11.9. The third-order valence-electron chi connectivity index (χ3n) is 2.85. The summed E-state index contributed by atoms with van der Waals surface area (Å²) in [4.78, 5) is 12.2. The van der Waals surface area contributed by atoms with E-state index in [9.17, 15) is 4.79 Å². The number of carbonyl (C=O) groups is 1. The van der Waals surface area contributed by atoms with Crippen LogP contribution in [0, 0.1) is 11.3 Å². The van der Waals surface area contributed by atoms with Crippen LogP contribution in [0.5, 0.6) is 5.75 Å². The summed E-state index contributed by atoms with van der Waals surface area (Å²) in [5.74, 6) is 0.140. The normalized spacial score (nSPS) is 9.76. The number of amides is 1. The van der Waals surface area contributed by atoms with Crippen LogP contribution in [0.1, 0.15) is 15.9 Å². The molecule has 0 radical (unpaired) electrons. The maximum Gasteiger partial charge on any atom is 0.257 e. The van der Waals surface area contributed by atoms with E-state index in [4.69, 9.17) is 27.3 Å². The minimum absolute atomic E-state index is 0.285. The van der Waals surface area contributed by atoms with E-state index in [1.54, 1.807) is 30.3 Å². The molecule has 0 saturated heterocycles. The smallest absolute Gasteiger partial charge is 0.257 e. The second-order valence-corrected chi connectivity index (χ2v) is 4.62. The number of nitrogens with two attached hydrogens (primary N) is 1. The van der Waals surface area contributed by atoms with Crippen LogP contribution in [0.2, 0.25) is 5.02 Å². The van der Waals surface area contributed by atoms with Crippen LogP contribution in [0.15, 0.2) is 36.4 Å². The molecule has 0 fully saturated rings. The van der Waals surface area contributed by atoms with Gasteiger partial charge in [0.05, 0.1) is 23.3 Å². The van der Waals surface area contributed by atoms with E-state index >= 15 is 0 Å². The molecule has 106 valence electrons. The van der Waals surface area contributed by atoms with Crippen molar-refractivity contribution in [3.8, 4) is 11.8 Å². The van der Waals surface area contributed by atoms with E-state index in [-0.39, 0.29) is 5.56 Å². The molecule has 0 unspecified atom stereocenters. The van der Waals surface area contributed by atoms with Crippen molar-refractivity contribution >= 4 is 28.9 Å². The van der Waals surface area contributed by atoms with Crippen LogP contribution in [-0.2, 0) is 0 Å². The standard InChI is InChI=1S/C15H12ClN3O2/c1-21-11-3-5-14(18)12(7-11)15(20)19-10-2-4-13(16)9(6-10)8-17/h2-7H,18H2,1H3,(H,19,20). The number of hydrogen-bond acceptors (Lipinski definition) is 4. The predicted molar refractivity (Wildman–Crippen MR) is 81.5 cm³/mol. The van der Waals surface area contributed by atoms with Gasteiger partial charge in [-0.1, -0.05) is 11.6 Å². The van der Waals surface area contributed by atoms with Crippen LogP contribution in [0.25, 0.3) is 0 Å². The summed E-state index contributed by atoms with van der Waals surface area (Å²) >= 11 is 5.84. The first-order valence-electron chi connectivity index (χ1n) is 5.99. The number of nitrogens with zero attached hydrogens (tertiary/aromatic N) is 1. The molecular weight excluding hydrogens is 290 g/mol.